The number of ether oxygens (including phenoxy) is 3. The maximum atomic E-state index is 12.3. The van der Waals surface area contributed by atoms with Crippen LogP contribution < -0.4 is 9.47 Å². The molecule has 1 aliphatic carbocycles. The highest BCUT2D eigenvalue weighted by Gasteiger charge is 2.45. The summed E-state index contributed by atoms with van der Waals surface area (Å²) in [6.07, 6.45) is 5.89. The second-order valence-electron chi connectivity index (χ2n) is 7.04. The van der Waals surface area contributed by atoms with E-state index in [-0.39, 0.29) is 12.0 Å². The lowest BCUT2D eigenvalue weighted by molar-refractivity contribution is -0.146. The Labute approximate surface area is 142 Å². The lowest BCUT2D eigenvalue weighted by atomic mass is 9.84. The number of benzene rings is 1. The van der Waals surface area contributed by atoms with Crippen LogP contribution in [0.3, 0.4) is 0 Å². The Morgan fingerprint density at radius 3 is 2.83 bits per heavy atom. The fraction of sp³-hybridized carbons (Fsp3) is 0.632. The molecule has 0 aromatic heterocycles. The highest BCUT2D eigenvalue weighted by atomic mass is 16.6. The van der Waals surface area contributed by atoms with Crippen molar-refractivity contribution < 1.29 is 19.0 Å². The molecule has 2 heterocycles. The van der Waals surface area contributed by atoms with Crippen LogP contribution in [-0.4, -0.2) is 43.3 Å². The molecule has 0 bridgehead atoms. The Balaban J connectivity index is 1.57. The molecule has 4 rings (SSSR count). The van der Waals surface area contributed by atoms with Gasteiger partial charge in [-0.1, -0.05) is 18.9 Å². The lowest BCUT2D eigenvalue weighted by Gasteiger charge is -2.33. The van der Waals surface area contributed by atoms with Crippen LogP contribution in [-0.2, 0) is 16.1 Å². The van der Waals surface area contributed by atoms with E-state index in [0.29, 0.717) is 25.2 Å². The van der Waals surface area contributed by atoms with Crippen LogP contribution in [0.15, 0.2) is 18.2 Å². The highest BCUT2D eigenvalue weighted by Crippen LogP contribution is 2.41. The number of nitrogens with zero attached hydrogens (tertiary/aromatic N) is 1. The van der Waals surface area contributed by atoms with Crippen molar-refractivity contribution in [3.05, 3.63) is 23.8 Å². The van der Waals surface area contributed by atoms with Crippen LogP contribution >= 0.6 is 0 Å². The first-order chi connectivity index (χ1) is 11.8. The number of hydrogen-bond acceptors (Lipinski definition) is 5. The third kappa shape index (κ3) is 2.86. The van der Waals surface area contributed by atoms with E-state index in [2.05, 4.69) is 17.0 Å². The minimum atomic E-state index is -0.115. The molecule has 0 N–H and O–H groups in total. The van der Waals surface area contributed by atoms with Crippen LogP contribution in [0.1, 0.15) is 37.7 Å². The van der Waals surface area contributed by atoms with Gasteiger partial charge in [-0.05, 0) is 42.9 Å². The van der Waals surface area contributed by atoms with Gasteiger partial charge in [0.25, 0.3) is 0 Å². The Kier molecular flexibility index (Phi) is 4.35. The third-order valence-electron chi connectivity index (χ3n) is 5.67. The van der Waals surface area contributed by atoms with E-state index in [4.69, 9.17) is 14.2 Å². The van der Waals surface area contributed by atoms with Crippen LogP contribution in [0.5, 0.6) is 11.5 Å². The first kappa shape index (κ1) is 15.8. The largest absolute Gasteiger partial charge is 0.486 e. The van der Waals surface area contributed by atoms with Crippen LogP contribution in [0.2, 0.25) is 0 Å². The summed E-state index contributed by atoms with van der Waals surface area (Å²) in [6.45, 7) is 1.96. The van der Waals surface area contributed by atoms with Gasteiger partial charge >= 0.3 is 5.97 Å². The zero-order valence-corrected chi connectivity index (χ0v) is 14.2. The normalized spacial score (nSPS) is 29.1. The van der Waals surface area contributed by atoms with Crippen LogP contribution in [0.25, 0.3) is 0 Å². The molecule has 1 aromatic carbocycles. The molecule has 24 heavy (non-hydrogen) atoms. The number of rotatable bonds is 3. The molecule has 0 unspecified atom stereocenters. The summed E-state index contributed by atoms with van der Waals surface area (Å²) >= 11 is 0. The van der Waals surface area contributed by atoms with Gasteiger partial charge in [0.15, 0.2) is 11.5 Å². The van der Waals surface area contributed by atoms with Crippen molar-refractivity contribution in [2.45, 2.75) is 50.7 Å². The van der Waals surface area contributed by atoms with Gasteiger partial charge < -0.3 is 14.2 Å². The SMILES string of the molecule is COC(=O)[C@@H]1C[C@H]2CCCC[C@@H]2N1Cc1ccc2c(c1)OCCO2. The molecule has 3 atom stereocenters. The van der Waals surface area contributed by atoms with Crippen molar-refractivity contribution in [3.63, 3.8) is 0 Å². The quantitative estimate of drug-likeness (QED) is 0.797. The maximum absolute atomic E-state index is 12.3. The van der Waals surface area contributed by atoms with E-state index in [9.17, 15) is 4.79 Å². The minimum Gasteiger partial charge on any atom is -0.486 e. The van der Waals surface area contributed by atoms with Gasteiger partial charge in [0.1, 0.15) is 19.3 Å². The monoisotopic (exact) mass is 331 g/mol. The average molecular weight is 331 g/mol. The van der Waals surface area contributed by atoms with Gasteiger partial charge in [-0.2, -0.15) is 0 Å². The fourth-order valence-electron chi connectivity index (χ4n) is 4.54. The summed E-state index contributed by atoms with van der Waals surface area (Å²) in [5.41, 5.74) is 1.17. The van der Waals surface area contributed by atoms with Crippen molar-refractivity contribution in [2.24, 2.45) is 5.92 Å². The van der Waals surface area contributed by atoms with Crippen molar-refractivity contribution in [1.82, 2.24) is 4.90 Å². The number of methoxy groups -OCH3 is 1. The zero-order valence-electron chi connectivity index (χ0n) is 14.2. The van der Waals surface area contributed by atoms with E-state index in [1.54, 1.807) is 0 Å². The number of esters is 1. The number of carbonyl (C=O) groups is 1. The van der Waals surface area contributed by atoms with Crippen molar-refractivity contribution >= 4 is 5.97 Å². The van der Waals surface area contributed by atoms with Gasteiger partial charge in [-0.3, -0.25) is 9.69 Å². The molecular formula is C19H25NO4. The molecule has 2 fully saturated rings. The summed E-state index contributed by atoms with van der Waals surface area (Å²) in [7, 11) is 1.49. The summed E-state index contributed by atoms with van der Waals surface area (Å²) in [5, 5.41) is 0. The van der Waals surface area contributed by atoms with E-state index in [1.807, 2.05) is 6.07 Å². The Morgan fingerprint density at radius 1 is 1.21 bits per heavy atom. The molecule has 1 saturated heterocycles. The number of carbonyl (C=O) groups excluding carboxylic acids is 1. The smallest absolute Gasteiger partial charge is 0.323 e. The van der Waals surface area contributed by atoms with E-state index >= 15 is 0 Å². The second kappa shape index (κ2) is 6.63. The predicted octanol–water partition coefficient (Wildman–Crippen LogP) is 2.76. The predicted molar refractivity (Wildman–Crippen MR) is 89.1 cm³/mol. The molecule has 2 aliphatic heterocycles. The van der Waals surface area contributed by atoms with Gasteiger partial charge in [0, 0.05) is 12.6 Å². The first-order valence-corrected chi connectivity index (χ1v) is 8.98. The molecule has 1 saturated carbocycles. The summed E-state index contributed by atoms with van der Waals surface area (Å²) < 4.78 is 16.4. The third-order valence-corrected chi connectivity index (χ3v) is 5.67. The van der Waals surface area contributed by atoms with Crippen LogP contribution in [0.4, 0.5) is 0 Å². The van der Waals surface area contributed by atoms with Gasteiger partial charge in [0.05, 0.1) is 7.11 Å². The summed E-state index contributed by atoms with van der Waals surface area (Å²) in [4.78, 5) is 14.6. The highest BCUT2D eigenvalue weighted by molar-refractivity contribution is 5.76. The van der Waals surface area contributed by atoms with E-state index in [1.165, 1.54) is 38.4 Å². The van der Waals surface area contributed by atoms with E-state index in [0.717, 1.165) is 24.5 Å². The first-order valence-electron chi connectivity index (χ1n) is 8.98. The number of fused-ring (bicyclic) bond motifs is 2. The van der Waals surface area contributed by atoms with E-state index < -0.39 is 0 Å². The molecule has 130 valence electrons. The molecule has 0 spiro atoms. The molecule has 5 heteroatoms. The standard InChI is InChI=1S/C19H25NO4/c1-22-19(21)16-11-14-4-2-3-5-15(14)20(16)12-13-6-7-17-18(10-13)24-9-8-23-17/h6-7,10,14-16H,2-5,8-9,11-12H2,1H3/t14-,15+,16+/m1/s1. The molecule has 0 radical (unpaired) electrons. The van der Waals surface area contributed by atoms with Gasteiger partial charge in [-0.25, -0.2) is 0 Å². The molecule has 5 nitrogen and oxygen atoms in total. The molecule has 1 aromatic rings. The number of likely N-dealkylation sites (tertiary alicyclic amines) is 1. The van der Waals surface area contributed by atoms with Crippen molar-refractivity contribution in [2.75, 3.05) is 20.3 Å². The molecule has 0 amide bonds. The minimum absolute atomic E-state index is 0.0954. The maximum Gasteiger partial charge on any atom is 0.323 e. The summed E-state index contributed by atoms with van der Waals surface area (Å²) in [5.74, 6) is 2.15. The van der Waals surface area contributed by atoms with Gasteiger partial charge in [0.2, 0.25) is 0 Å². The second-order valence-corrected chi connectivity index (χ2v) is 7.04. The summed E-state index contributed by atoms with van der Waals surface area (Å²) in [6, 6.07) is 6.50. The average Bonchev–Trinajstić information content (AvgIpc) is 2.99. The lowest BCUT2D eigenvalue weighted by Crippen LogP contribution is -2.42. The Hall–Kier alpha value is -1.75. The fourth-order valence-corrected chi connectivity index (χ4v) is 4.54. The van der Waals surface area contributed by atoms with Gasteiger partial charge in [-0.15, -0.1) is 0 Å². The number of hydrogen-bond donors (Lipinski definition) is 0. The molecule has 3 aliphatic rings. The zero-order chi connectivity index (χ0) is 16.5. The van der Waals surface area contributed by atoms with Crippen molar-refractivity contribution in [1.29, 1.82) is 0 Å². The molecular weight excluding hydrogens is 306 g/mol. The van der Waals surface area contributed by atoms with Crippen molar-refractivity contribution in [3.8, 4) is 11.5 Å². The van der Waals surface area contributed by atoms with Crippen LogP contribution in [0, 0.1) is 5.92 Å². The Bertz CT molecular complexity index is 617. The topological polar surface area (TPSA) is 48.0 Å². The Morgan fingerprint density at radius 2 is 2.00 bits per heavy atom.